The van der Waals surface area contributed by atoms with Gasteiger partial charge in [-0.05, 0) is 135 Å². The minimum Gasteiger partial charge on any atom is -0.490 e. The molecule has 0 N–H and O–H groups in total. The second kappa shape index (κ2) is 14.3. The summed E-state index contributed by atoms with van der Waals surface area (Å²) in [6.45, 7) is 4.81. The van der Waals surface area contributed by atoms with Gasteiger partial charge in [-0.15, -0.1) is 0 Å². The van der Waals surface area contributed by atoms with Gasteiger partial charge in [-0.1, -0.05) is 69.9 Å². The standard InChI is InChI=1S/C37H52F2O/c1-3-5-23-40-35-22-21-31(36(38)37(35)39)13-9-27-10-14-34-25-33(20-19-32(34)24-27)30-17-15-29(16-18-30)28-11-7-26(6-4-2)8-12-28/h15-18,21-22,26-28,32-34H,3-14,19-20,23-25H2,1-2H3. The Kier molecular flexibility index (Phi) is 10.6. The number of rotatable bonds is 11. The van der Waals surface area contributed by atoms with Crippen LogP contribution in [0.3, 0.4) is 0 Å². The third-order valence-corrected chi connectivity index (χ3v) is 10.8. The zero-order valence-corrected chi connectivity index (χ0v) is 25.1. The quantitative estimate of drug-likeness (QED) is 0.253. The van der Waals surface area contributed by atoms with Gasteiger partial charge in [0.15, 0.2) is 11.6 Å². The normalized spacial score (nSPS) is 28.7. The summed E-state index contributed by atoms with van der Waals surface area (Å²) < 4.78 is 34.7. The maximum absolute atomic E-state index is 14.7. The number of fused-ring (bicyclic) bond motifs is 1. The fraction of sp³-hybridized carbons (Fsp3) is 0.676. The molecule has 5 rings (SSSR count). The maximum atomic E-state index is 14.7. The van der Waals surface area contributed by atoms with E-state index < -0.39 is 11.6 Å². The Morgan fingerprint density at radius 1 is 0.650 bits per heavy atom. The molecule has 3 fully saturated rings. The van der Waals surface area contributed by atoms with Crippen LogP contribution in [-0.2, 0) is 6.42 Å². The number of hydrogen-bond donors (Lipinski definition) is 0. The zero-order chi connectivity index (χ0) is 27.9. The van der Waals surface area contributed by atoms with Crippen LogP contribution in [0.4, 0.5) is 8.78 Å². The molecule has 0 aromatic heterocycles. The molecule has 0 aliphatic heterocycles. The lowest BCUT2D eigenvalue weighted by atomic mass is 9.63. The van der Waals surface area contributed by atoms with E-state index in [0.29, 0.717) is 30.4 Å². The molecular formula is C37H52F2O. The van der Waals surface area contributed by atoms with E-state index >= 15 is 0 Å². The molecule has 2 aromatic carbocycles. The molecule has 40 heavy (non-hydrogen) atoms. The topological polar surface area (TPSA) is 9.23 Å². The second-order valence-electron chi connectivity index (χ2n) is 13.5. The van der Waals surface area contributed by atoms with Gasteiger partial charge in [0.2, 0.25) is 5.82 Å². The Balaban J connectivity index is 1.08. The lowest BCUT2D eigenvalue weighted by molar-refractivity contribution is 0.114. The van der Waals surface area contributed by atoms with Gasteiger partial charge in [-0.3, -0.25) is 0 Å². The Hall–Kier alpha value is -1.90. The van der Waals surface area contributed by atoms with Crippen LogP contribution in [0.5, 0.6) is 5.75 Å². The smallest absolute Gasteiger partial charge is 0.200 e. The molecule has 0 saturated heterocycles. The van der Waals surface area contributed by atoms with Gasteiger partial charge < -0.3 is 4.74 Å². The highest BCUT2D eigenvalue weighted by molar-refractivity contribution is 5.31. The number of benzene rings is 2. The first-order chi connectivity index (χ1) is 19.6. The molecule has 0 radical (unpaired) electrons. The van der Waals surface area contributed by atoms with Crippen molar-refractivity contribution in [3.05, 3.63) is 64.7 Å². The van der Waals surface area contributed by atoms with Crippen molar-refractivity contribution < 1.29 is 13.5 Å². The SMILES string of the molecule is CCCCOc1ccc(CCC2CCC3CC(c4ccc(C5CCC(CCC)CC5)cc4)CCC3C2)c(F)c1F. The van der Waals surface area contributed by atoms with Crippen LogP contribution in [0.25, 0.3) is 0 Å². The zero-order valence-electron chi connectivity index (χ0n) is 25.1. The fourth-order valence-corrected chi connectivity index (χ4v) is 8.35. The van der Waals surface area contributed by atoms with Crippen molar-refractivity contribution in [2.24, 2.45) is 23.7 Å². The summed E-state index contributed by atoms with van der Waals surface area (Å²) in [5.41, 5.74) is 3.63. The van der Waals surface area contributed by atoms with Gasteiger partial charge in [0, 0.05) is 0 Å². The summed E-state index contributed by atoms with van der Waals surface area (Å²) in [5, 5.41) is 0. The molecule has 2 aromatic rings. The van der Waals surface area contributed by atoms with Crippen molar-refractivity contribution in [3.8, 4) is 5.75 Å². The van der Waals surface area contributed by atoms with Gasteiger partial charge in [0.25, 0.3) is 0 Å². The Morgan fingerprint density at radius 2 is 1.30 bits per heavy atom. The first-order valence-electron chi connectivity index (χ1n) is 16.7. The molecule has 3 saturated carbocycles. The van der Waals surface area contributed by atoms with Crippen molar-refractivity contribution in [2.45, 2.75) is 128 Å². The second-order valence-corrected chi connectivity index (χ2v) is 13.5. The summed E-state index contributed by atoms with van der Waals surface area (Å²) >= 11 is 0. The highest BCUT2D eigenvalue weighted by atomic mass is 19.2. The molecule has 1 nitrogen and oxygen atoms in total. The van der Waals surface area contributed by atoms with Gasteiger partial charge in [0.05, 0.1) is 6.61 Å². The molecule has 220 valence electrons. The molecule has 3 heteroatoms. The van der Waals surface area contributed by atoms with Crippen molar-refractivity contribution in [1.29, 1.82) is 0 Å². The van der Waals surface area contributed by atoms with Crippen LogP contribution in [0, 0.1) is 35.3 Å². The van der Waals surface area contributed by atoms with Crippen LogP contribution in [-0.4, -0.2) is 6.61 Å². The third kappa shape index (κ3) is 7.29. The minimum atomic E-state index is -0.817. The summed E-state index contributed by atoms with van der Waals surface area (Å²) in [6.07, 6.45) is 19.5. The molecule has 0 heterocycles. The van der Waals surface area contributed by atoms with E-state index in [2.05, 4.69) is 38.1 Å². The maximum Gasteiger partial charge on any atom is 0.200 e. The number of aryl methyl sites for hydroxylation is 1. The monoisotopic (exact) mass is 550 g/mol. The van der Waals surface area contributed by atoms with Gasteiger partial charge >= 0.3 is 0 Å². The highest BCUT2D eigenvalue weighted by Gasteiger charge is 2.36. The Bertz CT molecular complexity index is 1050. The molecule has 3 aliphatic carbocycles. The lowest BCUT2D eigenvalue weighted by Gasteiger charge is -2.42. The van der Waals surface area contributed by atoms with Crippen molar-refractivity contribution >= 4 is 0 Å². The van der Waals surface area contributed by atoms with Crippen molar-refractivity contribution in [1.82, 2.24) is 0 Å². The first-order valence-corrected chi connectivity index (χ1v) is 16.7. The summed E-state index contributed by atoms with van der Waals surface area (Å²) in [6, 6.07) is 13.2. The number of hydrogen-bond acceptors (Lipinski definition) is 1. The number of ether oxygens (including phenoxy) is 1. The van der Waals surface area contributed by atoms with Crippen LogP contribution >= 0.6 is 0 Å². The van der Waals surface area contributed by atoms with E-state index in [1.807, 2.05) is 0 Å². The lowest BCUT2D eigenvalue weighted by Crippen LogP contribution is -2.30. The predicted octanol–water partition coefficient (Wildman–Crippen LogP) is 11.2. The predicted molar refractivity (Wildman–Crippen MR) is 162 cm³/mol. The third-order valence-electron chi connectivity index (χ3n) is 10.8. The molecule has 0 bridgehead atoms. The molecule has 4 unspecified atom stereocenters. The Labute approximate surface area is 242 Å². The molecule has 0 amide bonds. The summed E-state index contributed by atoms with van der Waals surface area (Å²) in [7, 11) is 0. The molecule has 3 aliphatic rings. The van der Waals surface area contributed by atoms with Crippen LogP contribution < -0.4 is 4.74 Å². The van der Waals surface area contributed by atoms with Gasteiger partial charge in [-0.25, -0.2) is 4.39 Å². The van der Waals surface area contributed by atoms with Crippen molar-refractivity contribution in [2.75, 3.05) is 6.61 Å². The van der Waals surface area contributed by atoms with E-state index in [9.17, 15) is 8.78 Å². The Morgan fingerprint density at radius 3 is 2.02 bits per heavy atom. The molecule has 0 spiro atoms. The van der Waals surface area contributed by atoms with E-state index in [0.717, 1.165) is 42.9 Å². The number of unbranched alkanes of at least 4 members (excludes halogenated alkanes) is 1. The van der Waals surface area contributed by atoms with E-state index in [1.54, 1.807) is 23.3 Å². The minimum absolute atomic E-state index is 0.0520. The fourth-order valence-electron chi connectivity index (χ4n) is 8.35. The van der Waals surface area contributed by atoms with Gasteiger partial charge in [0.1, 0.15) is 0 Å². The van der Waals surface area contributed by atoms with E-state index in [-0.39, 0.29) is 5.75 Å². The van der Waals surface area contributed by atoms with E-state index in [1.165, 1.54) is 77.0 Å². The van der Waals surface area contributed by atoms with Crippen LogP contribution in [0.2, 0.25) is 0 Å². The van der Waals surface area contributed by atoms with Gasteiger partial charge in [-0.2, -0.15) is 4.39 Å². The summed E-state index contributed by atoms with van der Waals surface area (Å²) in [5.74, 6) is 3.25. The average Bonchev–Trinajstić information content (AvgIpc) is 2.99. The average molecular weight is 551 g/mol. The molecule has 4 atom stereocenters. The van der Waals surface area contributed by atoms with Crippen molar-refractivity contribution in [3.63, 3.8) is 0 Å². The first kappa shape index (κ1) is 29.6. The largest absolute Gasteiger partial charge is 0.490 e. The van der Waals surface area contributed by atoms with E-state index in [4.69, 9.17) is 4.74 Å². The number of halogens is 2. The van der Waals surface area contributed by atoms with Crippen LogP contribution in [0.15, 0.2) is 36.4 Å². The highest BCUT2D eigenvalue weighted by Crippen LogP contribution is 2.48. The molecular weight excluding hydrogens is 498 g/mol. The summed E-state index contributed by atoms with van der Waals surface area (Å²) in [4.78, 5) is 0. The van der Waals surface area contributed by atoms with Crippen LogP contribution in [0.1, 0.15) is 139 Å².